The largest absolute Gasteiger partial charge is 0.480 e. The highest BCUT2D eigenvalue weighted by Gasteiger charge is 2.29. The van der Waals surface area contributed by atoms with Gasteiger partial charge in [-0.2, -0.15) is 12.6 Å². The third kappa shape index (κ3) is 12.9. The number of aliphatic imine (C=N–C) groups is 1. The van der Waals surface area contributed by atoms with Crippen molar-refractivity contribution in [1.29, 1.82) is 0 Å². The van der Waals surface area contributed by atoms with Crippen LogP contribution in [0.4, 0.5) is 0 Å². The molecule has 0 aliphatic carbocycles. The molecule has 0 heterocycles. The Morgan fingerprint density at radius 1 is 0.879 bits per heavy atom. The van der Waals surface area contributed by atoms with Gasteiger partial charge >= 0.3 is 5.97 Å². The average Bonchev–Trinajstić information content (AvgIpc) is 2.77. The molecular weight excluding hydrogens is 456 g/mol. The number of aliphatic hydroxyl groups excluding tert-OH is 1. The topological polar surface area (TPSA) is 261 Å². The number of unbranched alkanes of at least 4 members (excludes halogenated alkanes) is 1. The molecule has 33 heavy (non-hydrogen) atoms. The number of hydrogen-bond donors (Lipinski definition) is 10. The van der Waals surface area contributed by atoms with Gasteiger partial charge in [-0.1, -0.05) is 0 Å². The number of amides is 3. The molecule has 13 N–H and O–H groups in total. The van der Waals surface area contributed by atoms with Gasteiger partial charge in [-0.25, -0.2) is 4.79 Å². The molecule has 0 fully saturated rings. The lowest BCUT2D eigenvalue weighted by atomic mass is 10.1. The molecule has 190 valence electrons. The first-order chi connectivity index (χ1) is 15.6. The average molecular weight is 493 g/mol. The Morgan fingerprint density at radius 3 is 1.94 bits per heavy atom. The molecule has 0 saturated heterocycles. The maximum atomic E-state index is 12.7. The number of rotatable bonds is 17. The summed E-state index contributed by atoms with van der Waals surface area (Å²) in [5.74, 6) is -3.69. The molecule has 15 heteroatoms. The Kier molecular flexibility index (Phi) is 15.6. The fourth-order valence-corrected chi connectivity index (χ4v) is 2.88. The van der Waals surface area contributed by atoms with Crippen LogP contribution in [-0.4, -0.2) is 89.5 Å². The van der Waals surface area contributed by atoms with Crippen LogP contribution < -0.4 is 38.9 Å². The molecule has 0 aliphatic rings. The van der Waals surface area contributed by atoms with E-state index < -0.39 is 54.5 Å². The highest BCUT2D eigenvalue weighted by molar-refractivity contribution is 7.80. The van der Waals surface area contributed by atoms with E-state index in [4.69, 9.17) is 28.0 Å². The molecule has 4 unspecified atom stereocenters. The quantitative estimate of drug-likeness (QED) is 0.0406. The standard InChI is InChI=1S/C18H36N8O6S/c19-6-2-1-4-11(24-14(28)10(20)8-27)15(29)26-13(9-33)16(30)25-12(17(31)32)5-3-7-23-18(21)22/h10-13,27,33H,1-9,19-20H2,(H,24,28)(H,25,30)(H,26,29)(H,31,32)(H4,21,22,23). The summed E-state index contributed by atoms with van der Waals surface area (Å²) in [4.78, 5) is 52.5. The second-order valence-corrected chi connectivity index (χ2v) is 7.59. The summed E-state index contributed by atoms with van der Waals surface area (Å²) < 4.78 is 0. The number of nitrogens with two attached hydrogens (primary N) is 4. The monoisotopic (exact) mass is 492 g/mol. The zero-order chi connectivity index (χ0) is 25.4. The molecule has 3 amide bonds. The van der Waals surface area contributed by atoms with E-state index in [2.05, 4.69) is 33.6 Å². The normalized spacial score (nSPS) is 14.3. The van der Waals surface area contributed by atoms with E-state index in [-0.39, 0.29) is 31.1 Å². The number of thiol groups is 1. The summed E-state index contributed by atoms with van der Waals surface area (Å²) in [6.45, 7) is -0.0286. The molecule has 0 aromatic rings. The van der Waals surface area contributed by atoms with Crippen molar-refractivity contribution in [3.05, 3.63) is 0 Å². The molecule has 14 nitrogen and oxygen atoms in total. The Bertz CT molecular complexity index is 676. The minimum absolute atomic E-state index is 0.0575. The van der Waals surface area contributed by atoms with Crippen LogP contribution in [0, 0.1) is 0 Å². The van der Waals surface area contributed by atoms with E-state index in [1.807, 2.05) is 0 Å². The molecular formula is C18H36N8O6S. The summed E-state index contributed by atoms with van der Waals surface area (Å²) in [6.07, 6.45) is 1.69. The van der Waals surface area contributed by atoms with Gasteiger partial charge in [-0.05, 0) is 38.6 Å². The number of carbonyl (C=O) groups is 4. The smallest absolute Gasteiger partial charge is 0.326 e. The van der Waals surface area contributed by atoms with E-state index in [0.29, 0.717) is 25.8 Å². The number of carbonyl (C=O) groups excluding carboxylic acids is 3. The summed E-state index contributed by atoms with van der Waals surface area (Å²) >= 11 is 4.06. The van der Waals surface area contributed by atoms with Gasteiger partial charge in [0.1, 0.15) is 24.2 Å². The zero-order valence-corrected chi connectivity index (χ0v) is 19.3. The van der Waals surface area contributed by atoms with Crippen LogP contribution in [0.1, 0.15) is 32.1 Å². The number of guanidine groups is 1. The predicted molar refractivity (Wildman–Crippen MR) is 125 cm³/mol. The first kappa shape index (κ1) is 30.4. The van der Waals surface area contributed by atoms with E-state index in [0.717, 1.165) is 0 Å². The number of hydrogen-bond acceptors (Lipinski definition) is 9. The molecule has 0 saturated carbocycles. The second-order valence-electron chi connectivity index (χ2n) is 7.23. The van der Waals surface area contributed by atoms with Crippen molar-refractivity contribution >= 4 is 42.3 Å². The van der Waals surface area contributed by atoms with Crippen LogP contribution in [-0.2, 0) is 19.2 Å². The van der Waals surface area contributed by atoms with Gasteiger partial charge in [0.25, 0.3) is 0 Å². The van der Waals surface area contributed by atoms with Crippen molar-refractivity contribution in [2.45, 2.75) is 56.3 Å². The Balaban J connectivity index is 5.13. The van der Waals surface area contributed by atoms with Crippen LogP contribution >= 0.6 is 12.6 Å². The number of carboxylic acid groups (broad SMARTS) is 1. The van der Waals surface area contributed by atoms with Crippen LogP contribution in [0.5, 0.6) is 0 Å². The maximum Gasteiger partial charge on any atom is 0.326 e. The van der Waals surface area contributed by atoms with Gasteiger partial charge in [0.05, 0.1) is 6.61 Å². The number of nitrogens with zero attached hydrogens (tertiary/aromatic N) is 1. The van der Waals surface area contributed by atoms with Gasteiger partial charge in [0, 0.05) is 12.3 Å². The maximum absolute atomic E-state index is 12.7. The molecule has 0 bridgehead atoms. The lowest BCUT2D eigenvalue weighted by Crippen LogP contribution is -2.58. The van der Waals surface area contributed by atoms with Crippen molar-refractivity contribution in [2.75, 3.05) is 25.4 Å². The van der Waals surface area contributed by atoms with Crippen molar-refractivity contribution in [2.24, 2.45) is 27.9 Å². The van der Waals surface area contributed by atoms with E-state index in [1.165, 1.54) is 0 Å². The predicted octanol–water partition coefficient (Wildman–Crippen LogP) is -4.04. The van der Waals surface area contributed by atoms with Gasteiger partial charge in [-0.15, -0.1) is 0 Å². The van der Waals surface area contributed by atoms with Crippen LogP contribution in [0.15, 0.2) is 4.99 Å². The van der Waals surface area contributed by atoms with E-state index >= 15 is 0 Å². The molecule has 0 rings (SSSR count). The second kappa shape index (κ2) is 16.9. The molecule has 0 aliphatic heterocycles. The summed E-state index contributed by atoms with van der Waals surface area (Å²) in [6, 6.07) is -4.64. The van der Waals surface area contributed by atoms with Crippen LogP contribution in [0.25, 0.3) is 0 Å². The lowest BCUT2D eigenvalue weighted by Gasteiger charge is -2.24. The first-order valence-electron chi connectivity index (χ1n) is 10.4. The third-order valence-corrected chi connectivity index (χ3v) is 4.85. The Labute approximate surface area is 197 Å². The zero-order valence-electron chi connectivity index (χ0n) is 18.4. The summed E-state index contributed by atoms with van der Waals surface area (Å²) in [5, 5.41) is 25.6. The highest BCUT2D eigenvalue weighted by Crippen LogP contribution is 2.04. The molecule has 0 spiro atoms. The van der Waals surface area contributed by atoms with Gasteiger partial charge < -0.3 is 49.1 Å². The molecule has 0 aromatic carbocycles. The molecule has 4 atom stereocenters. The first-order valence-corrected chi connectivity index (χ1v) is 11.1. The fourth-order valence-electron chi connectivity index (χ4n) is 2.62. The fraction of sp³-hybridized carbons (Fsp3) is 0.722. The highest BCUT2D eigenvalue weighted by atomic mass is 32.1. The van der Waals surface area contributed by atoms with E-state index in [1.54, 1.807) is 0 Å². The van der Waals surface area contributed by atoms with Crippen molar-refractivity contribution in [3.8, 4) is 0 Å². The molecule has 0 aromatic heterocycles. The van der Waals surface area contributed by atoms with Gasteiger partial charge in [0.15, 0.2) is 5.96 Å². The van der Waals surface area contributed by atoms with Crippen molar-refractivity contribution < 1.29 is 29.4 Å². The minimum atomic E-state index is -1.26. The van der Waals surface area contributed by atoms with Crippen LogP contribution in [0.3, 0.4) is 0 Å². The number of carboxylic acids is 1. The SMILES string of the molecule is NCCCCC(NC(=O)C(N)CO)C(=O)NC(CS)C(=O)NC(CCCN=C(N)N)C(=O)O. The number of aliphatic carboxylic acids is 1. The van der Waals surface area contributed by atoms with Gasteiger partial charge in [0.2, 0.25) is 17.7 Å². The van der Waals surface area contributed by atoms with Gasteiger partial charge in [-0.3, -0.25) is 19.4 Å². The Morgan fingerprint density at radius 2 is 1.42 bits per heavy atom. The summed E-state index contributed by atoms with van der Waals surface area (Å²) in [7, 11) is 0. The summed E-state index contributed by atoms with van der Waals surface area (Å²) in [5.41, 5.74) is 21.4. The lowest BCUT2D eigenvalue weighted by molar-refractivity contribution is -0.142. The van der Waals surface area contributed by atoms with E-state index in [9.17, 15) is 24.3 Å². The van der Waals surface area contributed by atoms with Crippen LogP contribution in [0.2, 0.25) is 0 Å². The van der Waals surface area contributed by atoms with Crippen molar-refractivity contribution in [1.82, 2.24) is 16.0 Å². The molecule has 0 radical (unpaired) electrons. The number of aliphatic hydroxyl groups is 1. The van der Waals surface area contributed by atoms with Crippen molar-refractivity contribution in [3.63, 3.8) is 0 Å². The number of nitrogens with one attached hydrogen (secondary N) is 3. The minimum Gasteiger partial charge on any atom is -0.480 e. The Hall–Kier alpha value is -2.62. The third-order valence-electron chi connectivity index (χ3n) is 4.49.